The molecule has 0 heterocycles. The average Bonchev–Trinajstić information content (AvgIpc) is 2.11. The molecule has 0 saturated carbocycles. The van der Waals surface area contributed by atoms with E-state index in [0.29, 0.717) is 0 Å². The van der Waals surface area contributed by atoms with Gasteiger partial charge >= 0.3 is 5.97 Å². The van der Waals surface area contributed by atoms with Crippen molar-refractivity contribution in [3.63, 3.8) is 0 Å². The van der Waals surface area contributed by atoms with Crippen molar-refractivity contribution >= 4 is 5.97 Å². The van der Waals surface area contributed by atoms with Crippen molar-refractivity contribution in [3.05, 3.63) is 24.8 Å². The molecule has 0 rings (SSSR count). The third kappa shape index (κ3) is 5.20. The zero-order valence-corrected chi connectivity index (χ0v) is 8.06. The zero-order valence-electron chi connectivity index (χ0n) is 8.06. The molecule has 0 aliphatic heterocycles. The van der Waals surface area contributed by atoms with Crippen LogP contribution in [0.2, 0.25) is 0 Å². The number of hydrogen-bond donors (Lipinski definition) is 1. The van der Waals surface area contributed by atoms with Crippen LogP contribution >= 0.6 is 0 Å². The van der Waals surface area contributed by atoms with Crippen LogP contribution < -0.4 is 0 Å². The van der Waals surface area contributed by atoms with E-state index in [-0.39, 0.29) is 0 Å². The zero-order chi connectivity index (χ0) is 10.3. The van der Waals surface area contributed by atoms with Gasteiger partial charge < -0.3 is 9.84 Å². The second-order valence-corrected chi connectivity index (χ2v) is 2.68. The number of ether oxygens (including phenoxy) is 1. The van der Waals surface area contributed by atoms with Crippen LogP contribution in [0, 0.1) is 0 Å². The van der Waals surface area contributed by atoms with Gasteiger partial charge in [-0.05, 0) is 19.4 Å². The van der Waals surface area contributed by atoms with Crippen molar-refractivity contribution in [1.29, 1.82) is 0 Å². The Morgan fingerprint density at radius 1 is 1.69 bits per heavy atom. The van der Waals surface area contributed by atoms with Gasteiger partial charge in [0, 0.05) is 6.08 Å². The Kier molecular flexibility index (Phi) is 5.89. The molecule has 0 amide bonds. The summed E-state index contributed by atoms with van der Waals surface area (Å²) >= 11 is 0. The second kappa shape index (κ2) is 6.43. The standard InChI is InChI=1S/C10H16O3/c1-4-6-7-9(8(3)11)13-10(12)5-2/h5-9,11H,2,4H2,1,3H3. The molecule has 2 unspecified atom stereocenters. The average molecular weight is 184 g/mol. The van der Waals surface area contributed by atoms with E-state index in [1.807, 2.05) is 13.0 Å². The molecule has 3 nitrogen and oxygen atoms in total. The minimum absolute atomic E-state index is 0.522. The first-order valence-electron chi connectivity index (χ1n) is 4.29. The van der Waals surface area contributed by atoms with Gasteiger partial charge in [0.25, 0.3) is 0 Å². The summed E-state index contributed by atoms with van der Waals surface area (Å²) in [6, 6.07) is 0. The van der Waals surface area contributed by atoms with Gasteiger partial charge in [-0.1, -0.05) is 19.6 Å². The number of aliphatic hydroxyl groups is 1. The van der Waals surface area contributed by atoms with Gasteiger partial charge in [-0.3, -0.25) is 0 Å². The maximum absolute atomic E-state index is 10.8. The highest BCUT2D eigenvalue weighted by Crippen LogP contribution is 2.02. The normalized spacial score (nSPS) is 15.3. The summed E-state index contributed by atoms with van der Waals surface area (Å²) < 4.78 is 4.87. The van der Waals surface area contributed by atoms with Gasteiger partial charge in [0.05, 0.1) is 6.10 Å². The Balaban J connectivity index is 4.17. The maximum atomic E-state index is 10.8. The molecule has 0 aromatic rings. The molecular weight excluding hydrogens is 168 g/mol. The summed E-state index contributed by atoms with van der Waals surface area (Å²) in [5, 5.41) is 9.22. The monoisotopic (exact) mass is 184 g/mol. The van der Waals surface area contributed by atoms with Crippen molar-refractivity contribution in [2.45, 2.75) is 32.5 Å². The van der Waals surface area contributed by atoms with Gasteiger partial charge in [0.1, 0.15) is 6.10 Å². The van der Waals surface area contributed by atoms with Gasteiger partial charge in [-0.2, -0.15) is 0 Å². The molecule has 0 bridgehead atoms. The predicted molar refractivity (Wildman–Crippen MR) is 51.2 cm³/mol. The Morgan fingerprint density at radius 3 is 2.69 bits per heavy atom. The first kappa shape index (κ1) is 11.9. The minimum Gasteiger partial charge on any atom is -0.452 e. The molecule has 0 aromatic carbocycles. The first-order chi connectivity index (χ1) is 6.11. The van der Waals surface area contributed by atoms with Crippen LogP contribution in [-0.4, -0.2) is 23.3 Å². The SMILES string of the molecule is C=CC(=O)OC(C=CCC)C(C)O. The van der Waals surface area contributed by atoms with Crippen LogP contribution in [0.4, 0.5) is 0 Å². The Hall–Kier alpha value is -1.09. The van der Waals surface area contributed by atoms with E-state index in [4.69, 9.17) is 4.74 Å². The lowest BCUT2D eigenvalue weighted by atomic mass is 10.2. The third-order valence-electron chi connectivity index (χ3n) is 1.46. The van der Waals surface area contributed by atoms with E-state index < -0.39 is 18.2 Å². The lowest BCUT2D eigenvalue weighted by Gasteiger charge is -2.15. The molecule has 74 valence electrons. The second-order valence-electron chi connectivity index (χ2n) is 2.68. The Bertz CT molecular complexity index is 194. The van der Waals surface area contributed by atoms with E-state index in [1.165, 1.54) is 0 Å². The minimum atomic E-state index is -0.702. The van der Waals surface area contributed by atoms with Crippen LogP contribution in [0.1, 0.15) is 20.3 Å². The number of aliphatic hydroxyl groups excluding tert-OH is 1. The molecule has 0 radical (unpaired) electrons. The van der Waals surface area contributed by atoms with Crippen molar-refractivity contribution in [2.75, 3.05) is 0 Å². The number of hydrogen-bond acceptors (Lipinski definition) is 3. The maximum Gasteiger partial charge on any atom is 0.330 e. The van der Waals surface area contributed by atoms with Crippen molar-refractivity contribution in [1.82, 2.24) is 0 Å². The van der Waals surface area contributed by atoms with Gasteiger partial charge in [0.15, 0.2) is 0 Å². The highest BCUT2D eigenvalue weighted by molar-refractivity contribution is 5.81. The van der Waals surface area contributed by atoms with E-state index in [9.17, 15) is 9.90 Å². The fourth-order valence-electron chi connectivity index (χ4n) is 0.751. The van der Waals surface area contributed by atoms with E-state index in [1.54, 1.807) is 13.0 Å². The molecule has 0 spiro atoms. The Labute approximate surface area is 78.7 Å². The fraction of sp³-hybridized carbons (Fsp3) is 0.500. The molecule has 2 atom stereocenters. The molecule has 0 aliphatic rings. The molecule has 1 N–H and O–H groups in total. The molecule has 3 heteroatoms. The van der Waals surface area contributed by atoms with Crippen molar-refractivity contribution in [2.24, 2.45) is 0 Å². The van der Waals surface area contributed by atoms with Gasteiger partial charge in [-0.15, -0.1) is 0 Å². The number of carbonyl (C=O) groups excluding carboxylic acids is 1. The highest BCUT2D eigenvalue weighted by Gasteiger charge is 2.14. The van der Waals surface area contributed by atoms with Gasteiger partial charge in [0.2, 0.25) is 0 Å². The van der Waals surface area contributed by atoms with Gasteiger partial charge in [-0.25, -0.2) is 4.79 Å². The highest BCUT2D eigenvalue weighted by atomic mass is 16.6. The van der Waals surface area contributed by atoms with Crippen LogP contribution in [-0.2, 0) is 9.53 Å². The van der Waals surface area contributed by atoms with Crippen molar-refractivity contribution in [3.8, 4) is 0 Å². The summed E-state index contributed by atoms with van der Waals surface area (Å²) in [6.07, 6.45) is 4.15. The van der Waals surface area contributed by atoms with Crippen LogP contribution in [0.5, 0.6) is 0 Å². The number of carbonyl (C=O) groups is 1. The quantitative estimate of drug-likeness (QED) is 0.399. The van der Waals surface area contributed by atoms with E-state index in [0.717, 1.165) is 12.5 Å². The summed E-state index contributed by atoms with van der Waals surface area (Å²) in [7, 11) is 0. The lowest BCUT2D eigenvalue weighted by molar-refractivity contribution is -0.144. The molecule has 0 aromatic heterocycles. The molecule has 0 saturated heterocycles. The summed E-state index contributed by atoms with van der Waals surface area (Å²) in [6.45, 7) is 6.81. The fourth-order valence-corrected chi connectivity index (χ4v) is 0.751. The summed E-state index contributed by atoms with van der Waals surface area (Å²) in [5.74, 6) is -0.522. The van der Waals surface area contributed by atoms with Crippen molar-refractivity contribution < 1.29 is 14.6 Å². The Morgan fingerprint density at radius 2 is 2.31 bits per heavy atom. The van der Waals surface area contributed by atoms with Crippen LogP contribution in [0.25, 0.3) is 0 Å². The molecular formula is C10H16O3. The number of rotatable bonds is 5. The number of esters is 1. The largest absolute Gasteiger partial charge is 0.452 e. The molecule has 0 aliphatic carbocycles. The summed E-state index contributed by atoms with van der Waals surface area (Å²) in [4.78, 5) is 10.8. The van der Waals surface area contributed by atoms with Crippen LogP contribution in [0.3, 0.4) is 0 Å². The molecule has 0 fully saturated rings. The molecule has 13 heavy (non-hydrogen) atoms. The topological polar surface area (TPSA) is 46.5 Å². The third-order valence-corrected chi connectivity index (χ3v) is 1.46. The van der Waals surface area contributed by atoms with E-state index in [2.05, 4.69) is 6.58 Å². The summed E-state index contributed by atoms with van der Waals surface area (Å²) in [5.41, 5.74) is 0. The smallest absolute Gasteiger partial charge is 0.330 e. The van der Waals surface area contributed by atoms with E-state index >= 15 is 0 Å². The first-order valence-corrected chi connectivity index (χ1v) is 4.29. The van der Waals surface area contributed by atoms with Crippen LogP contribution in [0.15, 0.2) is 24.8 Å². The number of allylic oxidation sites excluding steroid dienone is 1. The predicted octanol–water partition coefficient (Wildman–Crippen LogP) is 1.43. The lowest BCUT2D eigenvalue weighted by Crippen LogP contribution is -2.26.